The maximum Gasteiger partial charge on any atom is 0.124 e. The van der Waals surface area contributed by atoms with E-state index in [1.807, 2.05) is 14.0 Å². The van der Waals surface area contributed by atoms with Gasteiger partial charge in [0.2, 0.25) is 0 Å². The second kappa shape index (κ2) is 8.98. The molecule has 0 aromatic heterocycles. The van der Waals surface area contributed by atoms with Crippen LogP contribution in [0.1, 0.15) is 57.7 Å². The van der Waals surface area contributed by atoms with Crippen molar-refractivity contribution in [2.45, 2.75) is 59.3 Å². The molecule has 114 valence electrons. The van der Waals surface area contributed by atoms with Crippen LogP contribution in [0.5, 0.6) is 5.75 Å². The summed E-state index contributed by atoms with van der Waals surface area (Å²) >= 11 is 0. The maximum atomic E-state index is 5.92. The summed E-state index contributed by atoms with van der Waals surface area (Å²) in [5.74, 6) is 0.934. The van der Waals surface area contributed by atoms with Gasteiger partial charge in [0.25, 0.3) is 0 Å². The zero-order valence-electron chi connectivity index (χ0n) is 13.5. The van der Waals surface area contributed by atoms with E-state index < -0.39 is 0 Å². The molecule has 0 saturated carbocycles. The second-order valence-electron chi connectivity index (χ2n) is 5.22. The number of hydrogen-bond donors (Lipinski definition) is 1. The van der Waals surface area contributed by atoms with Gasteiger partial charge in [-0.05, 0) is 51.9 Å². The molecule has 0 amide bonds. The van der Waals surface area contributed by atoms with Gasteiger partial charge in [0.05, 0.1) is 19.3 Å². The van der Waals surface area contributed by atoms with E-state index in [1.54, 1.807) is 0 Å². The van der Waals surface area contributed by atoms with Gasteiger partial charge < -0.3 is 14.8 Å². The van der Waals surface area contributed by atoms with Crippen LogP contribution in [0.4, 0.5) is 0 Å². The zero-order chi connectivity index (χ0) is 15.0. The van der Waals surface area contributed by atoms with Crippen molar-refractivity contribution in [2.75, 3.05) is 13.7 Å². The lowest BCUT2D eigenvalue weighted by Crippen LogP contribution is -2.13. The minimum atomic E-state index is 0.292. The van der Waals surface area contributed by atoms with Crippen molar-refractivity contribution < 1.29 is 9.47 Å². The third-order valence-electron chi connectivity index (χ3n) is 3.54. The van der Waals surface area contributed by atoms with Crippen LogP contribution in [-0.4, -0.2) is 19.8 Å². The van der Waals surface area contributed by atoms with Crippen molar-refractivity contribution in [3.8, 4) is 5.75 Å². The molecule has 0 spiro atoms. The number of nitrogens with one attached hydrogen (secondary N) is 1. The molecule has 1 aromatic rings. The van der Waals surface area contributed by atoms with Gasteiger partial charge in [0, 0.05) is 11.6 Å². The van der Waals surface area contributed by atoms with Gasteiger partial charge in [-0.3, -0.25) is 0 Å². The highest BCUT2D eigenvalue weighted by Crippen LogP contribution is 2.25. The lowest BCUT2D eigenvalue weighted by atomic mass is 10.0. The van der Waals surface area contributed by atoms with Crippen LogP contribution >= 0.6 is 0 Å². The molecule has 0 heterocycles. The summed E-state index contributed by atoms with van der Waals surface area (Å²) in [7, 11) is 1.97. The first kappa shape index (κ1) is 17.0. The van der Waals surface area contributed by atoms with E-state index in [0.717, 1.165) is 24.2 Å². The first-order valence-electron chi connectivity index (χ1n) is 7.66. The van der Waals surface area contributed by atoms with Crippen LogP contribution in [0.15, 0.2) is 18.2 Å². The summed E-state index contributed by atoms with van der Waals surface area (Å²) in [6.07, 6.45) is 2.53. The van der Waals surface area contributed by atoms with Crippen LogP contribution in [0, 0.1) is 0 Å². The van der Waals surface area contributed by atoms with E-state index in [-0.39, 0.29) is 0 Å². The molecule has 0 saturated heterocycles. The molecule has 2 atom stereocenters. The minimum absolute atomic E-state index is 0.292. The summed E-state index contributed by atoms with van der Waals surface area (Å²) in [6, 6.07) is 6.68. The van der Waals surface area contributed by atoms with Crippen LogP contribution in [0.2, 0.25) is 0 Å². The summed E-state index contributed by atoms with van der Waals surface area (Å²) in [6.45, 7) is 9.76. The third kappa shape index (κ3) is 5.14. The van der Waals surface area contributed by atoms with E-state index >= 15 is 0 Å². The van der Waals surface area contributed by atoms with Gasteiger partial charge in [0.15, 0.2) is 0 Å². The first-order chi connectivity index (χ1) is 9.62. The fraction of sp³-hybridized carbons (Fsp3) is 0.647. The van der Waals surface area contributed by atoms with E-state index in [2.05, 4.69) is 44.3 Å². The molecule has 0 aliphatic carbocycles. The van der Waals surface area contributed by atoms with Crippen LogP contribution in [0.3, 0.4) is 0 Å². The third-order valence-corrected chi connectivity index (χ3v) is 3.54. The normalized spacial score (nSPS) is 14.1. The minimum Gasteiger partial charge on any atom is -0.494 e. The predicted molar refractivity (Wildman–Crippen MR) is 84.2 cm³/mol. The molecule has 0 aliphatic rings. The van der Waals surface area contributed by atoms with Crippen LogP contribution < -0.4 is 10.1 Å². The average Bonchev–Trinajstić information content (AvgIpc) is 2.46. The molecule has 0 radical (unpaired) electrons. The molecule has 3 nitrogen and oxygen atoms in total. The highest BCUT2D eigenvalue weighted by atomic mass is 16.5. The van der Waals surface area contributed by atoms with E-state index in [0.29, 0.717) is 25.4 Å². The molecule has 1 rings (SSSR count). The molecular weight excluding hydrogens is 250 g/mol. The largest absolute Gasteiger partial charge is 0.494 e. The van der Waals surface area contributed by atoms with Gasteiger partial charge in [-0.1, -0.05) is 19.4 Å². The standard InChI is InChI=1S/C17H29NO2/c1-6-8-13(3)20-12-16-11-15(14(4)18-5)9-10-17(16)19-7-2/h9-11,13-14,18H,6-8,12H2,1-5H3. The summed E-state index contributed by atoms with van der Waals surface area (Å²) in [5.41, 5.74) is 2.40. The Labute approximate surface area is 123 Å². The van der Waals surface area contributed by atoms with Gasteiger partial charge in [-0.15, -0.1) is 0 Å². The Morgan fingerprint density at radius 2 is 1.95 bits per heavy atom. The van der Waals surface area contributed by atoms with E-state index in [4.69, 9.17) is 9.47 Å². The van der Waals surface area contributed by atoms with Gasteiger partial charge in [-0.2, -0.15) is 0 Å². The predicted octanol–water partition coefficient (Wildman–Crippen LogP) is 4.07. The SMILES string of the molecule is CCCC(C)OCc1cc(C(C)NC)ccc1OCC. The van der Waals surface area contributed by atoms with Crippen molar-refractivity contribution in [1.29, 1.82) is 0 Å². The number of ether oxygens (including phenoxy) is 2. The maximum absolute atomic E-state index is 5.92. The number of rotatable bonds is 9. The van der Waals surface area contributed by atoms with Gasteiger partial charge >= 0.3 is 0 Å². The van der Waals surface area contributed by atoms with Crippen LogP contribution in [-0.2, 0) is 11.3 Å². The summed E-state index contributed by atoms with van der Waals surface area (Å²) in [5, 5.41) is 3.26. The highest BCUT2D eigenvalue weighted by molar-refractivity contribution is 5.38. The Hall–Kier alpha value is -1.06. The topological polar surface area (TPSA) is 30.5 Å². The van der Waals surface area contributed by atoms with E-state index in [9.17, 15) is 0 Å². The molecule has 3 heteroatoms. The molecule has 0 aliphatic heterocycles. The number of hydrogen-bond acceptors (Lipinski definition) is 3. The summed E-state index contributed by atoms with van der Waals surface area (Å²) < 4.78 is 11.6. The Kier molecular flexibility index (Phi) is 7.63. The Bertz CT molecular complexity index is 393. The average molecular weight is 279 g/mol. The molecule has 0 bridgehead atoms. The molecule has 1 N–H and O–H groups in total. The fourth-order valence-electron chi connectivity index (χ4n) is 2.17. The molecule has 2 unspecified atom stereocenters. The monoisotopic (exact) mass is 279 g/mol. The van der Waals surface area contributed by atoms with Crippen molar-refractivity contribution in [1.82, 2.24) is 5.32 Å². The first-order valence-corrected chi connectivity index (χ1v) is 7.66. The Morgan fingerprint density at radius 1 is 1.20 bits per heavy atom. The smallest absolute Gasteiger partial charge is 0.124 e. The molecule has 1 aromatic carbocycles. The fourth-order valence-corrected chi connectivity index (χ4v) is 2.17. The highest BCUT2D eigenvalue weighted by Gasteiger charge is 2.10. The summed E-state index contributed by atoms with van der Waals surface area (Å²) in [4.78, 5) is 0. The zero-order valence-corrected chi connectivity index (χ0v) is 13.5. The van der Waals surface area contributed by atoms with Crippen molar-refractivity contribution >= 4 is 0 Å². The lowest BCUT2D eigenvalue weighted by Gasteiger charge is -2.18. The molecule has 0 fully saturated rings. The van der Waals surface area contributed by atoms with Gasteiger partial charge in [-0.25, -0.2) is 0 Å². The van der Waals surface area contributed by atoms with Gasteiger partial charge in [0.1, 0.15) is 5.75 Å². The van der Waals surface area contributed by atoms with Crippen molar-refractivity contribution in [2.24, 2.45) is 0 Å². The van der Waals surface area contributed by atoms with Crippen molar-refractivity contribution in [3.05, 3.63) is 29.3 Å². The second-order valence-corrected chi connectivity index (χ2v) is 5.22. The lowest BCUT2D eigenvalue weighted by molar-refractivity contribution is 0.0458. The molecular formula is C17H29NO2. The number of benzene rings is 1. The Morgan fingerprint density at radius 3 is 2.55 bits per heavy atom. The molecule has 20 heavy (non-hydrogen) atoms. The quantitative estimate of drug-likeness (QED) is 0.739. The Balaban J connectivity index is 2.82. The van der Waals surface area contributed by atoms with E-state index in [1.165, 1.54) is 5.56 Å². The van der Waals surface area contributed by atoms with Crippen LogP contribution in [0.25, 0.3) is 0 Å². The van der Waals surface area contributed by atoms with Crippen molar-refractivity contribution in [3.63, 3.8) is 0 Å².